The summed E-state index contributed by atoms with van der Waals surface area (Å²) in [6, 6.07) is 10.5. The van der Waals surface area contributed by atoms with Crippen LogP contribution < -0.4 is 0 Å². The second-order valence-corrected chi connectivity index (χ2v) is 7.86. The minimum absolute atomic E-state index is 0.0393. The molecule has 3 N–H and O–H groups in total. The molecule has 0 aliphatic carbocycles. The zero-order chi connectivity index (χ0) is 21.4. The lowest BCUT2D eigenvalue weighted by Crippen LogP contribution is -2.53. The van der Waals surface area contributed by atoms with Crippen molar-refractivity contribution >= 4 is 6.47 Å². The van der Waals surface area contributed by atoms with Crippen LogP contribution in [0.3, 0.4) is 0 Å². The minimum atomic E-state index is -0.421. The van der Waals surface area contributed by atoms with Crippen molar-refractivity contribution in [3.63, 3.8) is 0 Å². The molecule has 29 heavy (non-hydrogen) atoms. The van der Waals surface area contributed by atoms with Gasteiger partial charge >= 0.3 is 0 Å². The van der Waals surface area contributed by atoms with Crippen LogP contribution in [0, 0.1) is 19.3 Å². The maximum atomic E-state index is 10.5. The Bertz CT molecular complexity index is 792. The van der Waals surface area contributed by atoms with Crippen molar-refractivity contribution in [1.29, 1.82) is 0 Å². The molecule has 1 fully saturated rings. The maximum absolute atomic E-state index is 10.5. The molecule has 1 aliphatic rings. The first-order valence-electron chi connectivity index (χ1n) is 10.1. The van der Waals surface area contributed by atoms with Gasteiger partial charge in [0.1, 0.15) is 0 Å². The Balaban J connectivity index is 0.000000941. The van der Waals surface area contributed by atoms with Gasteiger partial charge in [-0.3, -0.25) is 9.69 Å². The molecule has 1 aromatic carbocycles. The van der Waals surface area contributed by atoms with E-state index in [2.05, 4.69) is 48.1 Å². The molecule has 2 heterocycles. The van der Waals surface area contributed by atoms with Crippen molar-refractivity contribution < 1.29 is 20.1 Å². The van der Waals surface area contributed by atoms with Gasteiger partial charge in [0.05, 0.1) is 24.1 Å². The second-order valence-electron chi connectivity index (χ2n) is 7.86. The van der Waals surface area contributed by atoms with Crippen LogP contribution in [0.2, 0.25) is 0 Å². The summed E-state index contributed by atoms with van der Waals surface area (Å²) in [7, 11) is 0. The van der Waals surface area contributed by atoms with E-state index in [4.69, 9.17) is 9.90 Å². The quantitative estimate of drug-likeness (QED) is 0.641. The van der Waals surface area contributed by atoms with Gasteiger partial charge in [0.15, 0.2) is 0 Å². The van der Waals surface area contributed by atoms with Gasteiger partial charge in [0, 0.05) is 30.7 Å². The highest BCUT2D eigenvalue weighted by atomic mass is 16.3. The highest BCUT2D eigenvalue weighted by Gasteiger charge is 2.41. The molecule has 1 aromatic heterocycles. The first kappa shape index (κ1) is 23.1. The van der Waals surface area contributed by atoms with Crippen LogP contribution >= 0.6 is 0 Å². The average Bonchev–Trinajstić information content (AvgIpc) is 3.03. The molecule has 0 bridgehead atoms. The number of hydrogen-bond donors (Lipinski definition) is 3. The molecular weight excluding hydrogens is 370 g/mol. The Morgan fingerprint density at radius 1 is 1.31 bits per heavy atom. The molecule has 7 heteroatoms. The third-order valence-corrected chi connectivity index (χ3v) is 5.65. The maximum Gasteiger partial charge on any atom is 0.290 e. The molecule has 0 spiro atoms. The van der Waals surface area contributed by atoms with E-state index in [-0.39, 0.29) is 13.1 Å². The lowest BCUT2D eigenvalue weighted by Gasteiger charge is -2.45. The van der Waals surface area contributed by atoms with Crippen molar-refractivity contribution in [1.82, 2.24) is 14.7 Å². The molecule has 0 amide bonds. The third-order valence-electron chi connectivity index (χ3n) is 5.65. The van der Waals surface area contributed by atoms with Crippen LogP contribution in [0.1, 0.15) is 43.1 Å². The van der Waals surface area contributed by atoms with E-state index >= 15 is 0 Å². The summed E-state index contributed by atoms with van der Waals surface area (Å²) in [6.07, 6.45) is 2.10. The topological polar surface area (TPSA) is 98.8 Å². The summed E-state index contributed by atoms with van der Waals surface area (Å²) in [5.41, 5.74) is 4.06. The Morgan fingerprint density at radius 3 is 2.59 bits per heavy atom. The monoisotopic (exact) mass is 403 g/mol. The van der Waals surface area contributed by atoms with E-state index in [1.807, 2.05) is 17.7 Å². The molecule has 2 atom stereocenters. The van der Waals surface area contributed by atoms with Gasteiger partial charge in [-0.05, 0) is 44.4 Å². The molecule has 160 valence electrons. The molecule has 2 aromatic rings. The molecular formula is C22H33N3O4. The summed E-state index contributed by atoms with van der Waals surface area (Å²) in [6.45, 7) is 8.36. The van der Waals surface area contributed by atoms with Crippen LogP contribution in [0.15, 0.2) is 30.3 Å². The fourth-order valence-electron chi connectivity index (χ4n) is 4.32. The molecule has 0 radical (unpaired) electrons. The molecule has 1 aliphatic heterocycles. The van der Waals surface area contributed by atoms with Crippen LogP contribution in [0.4, 0.5) is 0 Å². The number of hydrogen-bond acceptors (Lipinski definition) is 5. The average molecular weight is 404 g/mol. The lowest BCUT2D eigenvalue weighted by atomic mass is 9.74. The molecule has 3 rings (SSSR count). The Morgan fingerprint density at radius 2 is 2.00 bits per heavy atom. The van der Waals surface area contributed by atoms with Crippen LogP contribution in [0.25, 0.3) is 5.69 Å². The van der Waals surface area contributed by atoms with Crippen LogP contribution in [-0.4, -0.2) is 62.3 Å². The molecule has 0 saturated carbocycles. The predicted octanol–water partition coefficient (Wildman–Crippen LogP) is 2.54. The van der Waals surface area contributed by atoms with Gasteiger partial charge in [-0.15, -0.1) is 0 Å². The molecule has 1 saturated heterocycles. The number of likely N-dealkylation sites (tertiary alicyclic amines) is 1. The summed E-state index contributed by atoms with van der Waals surface area (Å²) < 4.78 is 2.01. The van der Waals surface area contributed by atoms with Gasteiger partial charge in [-0.25, -0.2) is 4.68 Å². The van der Waals surface area contributed by atoms with Gasteiger partial charge in [0.2, 0.25) is 0 Å². The third kappa shape index (κ3) is 5.44. The number of rotatable bonds is 6. The summed E-state index contributed by atoms with van der Waals surface area (Å²) in [5, 5.41) is 32.0. The van der Waals surface area contributed by atoms with E-state index < -0.39 is 11.5 Å². The Labute approximate surface area is 172 Å². The Kier molecular flexibility index (Phi) is 8.37. The Hall–Kier alpha value is -2.22. The smallest absolute Gasteiger partial charge is 0.290 e. The van der Waals surface area contributed by atoms with Gasteiger partial charge in [-0.2, -0.15) is 5.10 Å². The van der Waals surface area contributed by atoms with Crippen molar-refractivity contribution in [2.24, 2.45) is 5.41 Å². The fourth-order valence-corrected chi connectivity index (χ4v) is 4.32. The van der Waals surface area contributed by atoms with E-state index in [9.17, 15) is 10.2 Å². The number of carbonyl (C=O) groups is 1. The van der Waals surface area contributed by atoms with Gasteiger partial charge in [-0.1, -0.05) is 31.5 Å². The first-order valence-corrected chi connectivity index (χ1v) is 10.1. The second kappa shape index (κ2) is 10.5. The first-order chi connectivity index (χ1) is 13.9. The number of piperidine rings is 1. The largest absolute Gasteiger partial charge is 0.483 e. The number of nitrogens with zero attached hydrogens (tertiary/aromatic N) is 3. The highest BCUT2D eigenvalue weighted by molar-refractivity contribution is 5.42. The predicted molar refractivity (Wildman–Crippen MR) is 112 cm³/mol. The zero-order valence-corrected chi connectivity index (χ0v) is 17.6. The number of carboxylic acid groups (broad SMARTS) is 1. The van der Waals surface area contributed by atoms with E-state index in [0.717, 1.165) is 49.6 Å². The summed E-state index contributed by atoms with van der Waals surface area (Å²) in [5.74, 6) is 0. The number of para-hydroxylation sites is 1. The van der Waals surface area contributed by atoms with Gasteiger partial charge in [0.25, 0.3) is 6.47 Å². The van der Waals surface area contributed by atoms with E-state index in [1.165, 1.54) is 5.56 Å². The number of aryl methyl sites for hydroxylation is 2. The van der Waals surface area contributed by atoms with Crippen molar-refractivity contribution in [2.45, 2.75) is 52.7 Å². The number of aromatic nitrogens is 2. The van der Waals surface area contributed by atoms with Crippen LogP contribution in [0.5, 0.6) is 0 Å². The summed E-state index contributed by atoms with van der Waals surface area (Å²) in [4.78, 5) is 10.7. The SMILES string of the molecule is CCC[C@@]1(CO)CN(Cc2ccccc2-n2nc(C)cc2C)CC[C@H]1O.O=CO. The van der Waals surface area contributed by atoms with E-state index in [0.29, 0.717) is 6.42 Å². The number of benzene rings is 1. The minimum Gasteiger partial charge on any atom is -0.483 e. The highest BCUT2D eigenvalue weighted by Crippen LogP contribution is 2.35. The van der Waals surface area contributed by atoms with E-state index in [1.54, 1.807) is 0 Å². The van der Waals surface area contributed by atoms with Crippen molar-refractivity contribution in [2.75, 3.05) is 19.7 Å². The number of aliphatic hydroxyl groups is 2. The van der Waals surface area contributed by atoms with Gasteiger partial charge < -0.3 is 15.3 Å². The lowest BCUT2D eigenvalue weighted by molar-refractivity contribution is -0.122. The van der Waals surface area contributed by atoms with Crippen LogP contribution in [-0.2, 0) is 11.3 Å². The van der Waals surface area contributed by atoms with Crippen molar-refractivity contribution in [3.05, 3.63) is 47.3 Å². The number of aliphatic hydroxyl groups excluding tert-OH is 2. The summed E-state index contributed by atoms with van der Waals surface area (Å²) >= 11 is 0. The molecule has 0 unspecified atom stereocenters. The van der Waals surface area contributed by atoms with Crippen molar-refractivity contribution in [3.8, 4) is 5.69 Å². The standard InChI is InChI=1S/C21H31N3O2.CH2O2/c1-4-10-21(15-25)14-23(11-9-20(21)26)13-18-7-5-6-8-19(18)24-17(3)12-16(2)22-24;2-1-3/h5-8,12,20,25-26H,4,9-11,13-15H2,1-3H3;1H,(H,2,3)/t20-,21+;/m1./s1. The molecule has 7 nitrogen and oxygen atoms in total. The fraction of sp³-hybridized carbons (Fsp3) is 0.545. The normalized spacial score (nSPS) is 22.0. The zero-order valence-electron chi connectivity index (χ0n) is 17.6.